The number of thioether (sulfide) groups is 1. The van der Waals surface area contributed by atoms with Crippen LogP contribution in [0.15, 0.2) is 10.3 Å². The van der Waals surface area contributed by atoms with Gasteiger partial charge in [0.15, 0.2) is 4.88 Å². The Morgan fingerprint density at radius 2 is 2.42 bits per heavy atom. The van der Waals surface area contributed by atoms with Gasteiger partial charge in [-0.05, 0) is 6.26 Å². The number of ether oxygens (including phenoxy) is 1. The first-order valence-electron chi connectivity index (χ1n) is 3.14. The van der Waals surface area contributed by atoms with Crippen LogP contribution < -0.4 is 4.74 Å². The molecule has 0 bridgehead atoms. The molecule has 0 fully saturated rings. The predicted octanol–water partition coefficient (Wildman–Crippen LogP) is 2.18. The second-order valence-electron chi connectivity index (χ2n) is 1.97. The van der Waals surface area contributed by atoms with E-state index in [0.29, 0.717) is 5.75 Å². The molecule has 0 aromatic carbocycles. The Morgan fingerprint density at radius 1 is 1.75 bits per heavy atom. The van der Waals surface area contributed by atoms with Crippen LogP contribution >= 0.6 is 23.1 Å². The number of rotatable bonds is 3. The number of carboxylic acids is 1. The number of carbonyl (C=O) groups is 1. The quantitative estimate of drug-likeness (QED) is 0.766. The van der Waals surface area contributed by atoms with Crippen molar-refractivity contribution in [2.75, 3.05) is 13.4 Å². The molecule has 0 saturated heterocycles. The van der Waals surface area contributed by atoms with E-state index < -0.39 is 5.97 Å². The molecular formula is C7H8O3S2. The van der Waals surface area contributed by atoms with Crippen molar-refractivity contribution in [3.05, 3.63) is 10.9 Å². The number of thiophene rings is 1. The summed E-state index contributed by atoms with van der Waals surface area (Å²) in [5.74, 6) is -0.492. The SMILES string of the molecule is COc1cc(SC)sc1C(=O)O. The fraction of sp³-hybridized carbons (Fsp3) is 0.286. The predicted molar refractivity (Wildman–Crippen MR) is 49.6 cm³/mol. The van der Waals surface area contributed by atoms with E-state index in [1.54, 1.807) is 6.07 Å². The monoisotopic (exact) mass is 204 g/mol. The molecule has 1 aromatic heterocycles. The van der Waals surface area contributed by atoms with Crippen LogP contribution in [0.3, 0.4) is 0 Å². The fourth-order valence-electron chi connectivity index (χ4n) is 0.754. The third kappa shape index (κ3) is 1.73. The molecule has 1 rings (SSSR count). The van der Waals surface area contributed by atoms with Crippen LogP contribution in [0, 0.1) is 0 Å². The van der Waals surface area contributed by atoms with Gasteiger partial charge in [0.2, 0.25) is 0 Å². The van der Waals surface area contributed by atoms with Crippen molar-refractivity contribution in [2.24, 2.45) is 0 Å². The van der Waals surface area contributed by atoms with Crippen molar-refractivity contribution < 1.29 is 14.6 Å². The van der Waals surface area contributed by atoms with E-state index in [0.717, 1.165) is 4.21 Å². The smallest absolute Gasteiger partial charge is 0.349 e. The molecule has 0 aliphatic heterocycles. The van der Waals surface area contributed by atoms with E-state index >= 15 is 0 Å². The van der Waals surface area contributed by atoms with E-state index in [9.17, 15) is 4.79 Å². The summed E-state index contributed by atoms with van der Waals surface area (Å²) in [6, 6.07) is 1.73. The summed E-state index contributed by atoms with van der Waals surface area (Å²) in [4.78, 5) is 10.9. The molecule has 0 atom stereocenters. The first-order chi connectivity index (χ1) is 5.69. The molecule has 0 aliphatic rings. The zero-order valence-electron chi connectivity index (χ0n) is 6.66. The average molecular weight is 204 g/mol. The normalized spacial score (nSPS) is 9.83. The lowest BCUT2D eigenvalue weighted by atomic mass is 10.4. The maximum Gasteiger partial charge on any atom is 0.349 e. The summed E-state index contributed by atoms with van der Waals surface area (Å²) >= 11 is 2.74. The van der Waals surface area contributed by atoms with Crippen LogP contribution in [0.5, 0.6) is 5.75 Å². The van der Waals surface area contributed by atoms with Crippen LogP contribution in [-0.4, -0.2) is 24.4 Å². The molecule has 3 nitrogen and oxygen atoms in total. The highest BCUT2D eigenvalue weighted by Crippen LogP contribution is 2.34. The third-order valence-corrected chi connectivity index (χ3v) is 3.46. The summed E-state index contributed by atoms with van der Waals surface area (Å²) < 4.78 is 5.85. The number of aromatic carboxylic acids is 1. The molecule has 1 N–H and O–H groups in total. The van der Waals surface area contributed by atoms with Gasteiger partial charge in [0, 0.05) is 6.07 Å². The molecule has 0 radical (unpaired) electrons. The number of methoxy groups -OCH3 is 1. The Bertz CT molecular complexity index is 293. The lowest BCUT2D eigenvalue weighted by Crippen LogP contribution is -1.94. The molecule has 5 heteroatoms. The Labute approximate surface area is 78.4 Å². The zero-order valence-corrected chi connectivity index (χ0v) is 8.29. The lowest BCUT2D eigenvalue weighted by molar-refractivity contribution is 0.0699. The second kappa shape index (κ2) is 3.82. The summed E-state index contributed by atoms with van der Waals surface area (Å²) in [7, 11) is 1.47. The molecule has 0 unspecified atom stereocenters. The highest BCUT2D eigenvalue weighted by molar-refractivity contribution is 8.00. The first-order valence-corrected chi connectivity index (χ1v) is 5.18. The molecule has 1 heterocycles. The Hall–Kier alpha value is -0.680. The van der Waals surface area contributed by atoms with Crippen LogP contribution in [0.1, 0.15) is 9.67 Å². The highest BCUT2D eigenvalue weighted by atomic mass is 32.2. The minimum absolute atomic E-state index is 0.266. The summed E-state index contributed by atoms with van der Waals surface area (Å²) in [6.07, 6.45) is 1.90. The van der Waals surface area contributed by atoms with Crippen molar-refractivity contribution in [1.29, 1.82) is 0 Å². The fourth-order valence-corrected chi connectivity index (χ4v) is 2.26. The second-order valence-corrected chi connectivity index (χ2v) is 4.13. The van der Waals surface area contributed by atoms with Crippen LogP contribution in [0.4, 0.5) is 0 Å². The topological polar surface area (TPSA) is 46.5 Å². The molecule has 0 aliphatic carbocycles. The number of hydrogen-bond acceptors (Lipinski definition) is 4. The maximum atomic E-state index is 10.6. The summed E-state index contributed by atoms with van der Waals surface area (Å²) in [5, 5.41) is 8.73. The van der Waals surface area contributed by atoms with Crippen LogP contribution in [0.25, 0.3) is 0 Å². The maximum absolute atomic E-state index is 10.6. The Kier molecular flexibility index (Phi) is 2.99. The van der Waals surface area contributed by atoms with Gasteiger partial charge in [0.05, 0.1) is 11.3 Å². The Balaban J connectivity index is 3.08. The Morgan fingerprint density at radius 3 is 2.75 bits per heavy atom. The van der Waals surface area contributed by atoms with E-state index in [1.807, 2.05) is 6.26 Å². The van der Waals surface area contributed by atoms with Gasteiger partial charge in [-0.2, -0.15) is 0 Å². The van der Waals surface area contributed by atoms with Gasteiger partial charge < -0.3 is 9.84 Å². The van der Waals surface area contributed by atoms with Gasteiger partial charge in [-0.25, -0.2) is 4.79 Å². The zero-order chi connectivity index (χ0) is 9.14. The molecule has 1 aromatic rings. The highest BCUT2D eigenvalue weighted by Gasteiger charge is 2.15. The van der Waals surface area contributed by atoms with Crippen LogP contribution in [-0.2, 0) is 0 Å². The van der Waals surface area contributed by atoms with Crippen molar-refractivity contribution in [3.8, 4) is 5.75 Å². The van der Waals surface area contributed by atoms with Crippen molar-refractivity contribution >= 4 is 29.1 Å². The standard InChI is InChI=1S/C7H8O3S2/c1-10-4-3-5(11-2)12-6(4)7(8)9/h3H,1-2H3,(H,8,9). The van der Waals surface area contributed by atoms with Crippen LogP contribution in [0.2, 0.25) is 0 Å². The van der Waals surface area contributed by atoms with Gasteiger partial charge >= 0.3 is 5.97 Å². The van der Waals surface area contributed by atoms with E-state index in [4.69, 9.17) is 9.84 Å². The number of hydrogen-bond donors (Lipinski definition) is 1. The largest absolute Gasteiger partial charge is 0.495 e. The molecule has 0 amide bonds. The third-order valence-electron chi connectivity index (χ3n) is 1.29. The van der Waals surface area contributed by atoms with Gasteiger partial charge in [-0.1, -0.05) is 0 Å². The van der Waals surface area contributed by atoms with Gasteiger partial charge in [0.1, 0.15) is 5.75 Å². The van der Waals surface area contributed by atoms with E-state index in [-0.39, 0.29) is 4.88 Å². The number of carboxylic acid groups (broad SMARTS) is 1. The molecule has 0 saturated carbocycles. The van der Waals surface area contributed by atoms with E-state index in [1.165, 1.54) is 30.2 Å². The van der Waals surface area contributed by atoms with Gasteiger partial charge in [0.25, 0.3) is 0 Å². The molecule has 66 valence electrons. The van der Waals surface area contributed by atoms with Crippen molar-refractivity contribution in [1.82, 2.24) is 0 Å². The minimum Gasteiger partial charge on any atom is -0.495 e. The first kappa shape index (κ1) is 9.41. The van der Waals surface area contributed by atoms with Crippen molar-refractivity contribution in [3.63, 3.8) is 0 Å². The van der Waals surface area contributed by atoms with Gasteiger partial charge in [-0.15, -0.1) is 23.1 Å². The van der Waals surface area contributed by atoms with E-state index in [2.05, 4.69) is 0 Å². The molecule has 12 heavy (non-hydrogen) atoms. The molecule has 0 spiro atoms. The van der Waals surface area contributed by atoms with Gasteiger partial charge in [-0.3, -0.25) is 0 Å². The minimum atomic E-state index is -0.933. The van der Waals surface area contributed by atoms with Crippen molar-refractivity contribution in [2.45, 2.75) is 4.21 Å². The summed E-state index contributed by atoms with van der Waals surface area (Å²) in [6.45, 7) is 0. The molecular weight excluding hydrogens is 196 g/mol. The lowest BCUT2D eigenvalue weighted by Gasteiger charge is -1.94. The summed E-state index contributed by atoms with van der Waals surface area (Å²) in [5.41, 5.74) is 0. The average Bonchev–Trinajstić information content (AvgIpc) is 2.47.